The zero-order valence-electron chi connectivity index (χ0n) is 16.5. The number of anilines is 1. The fourth-order valence-electron chi connectivity index (χ4n) is 4.08. The number of carbonyl (C=O) groups is 2. The maximum Gasteiger partial charge on any atom is 0.275 e. The van der Waals surface area contributed by atoms with Gasteiger partial charge in [0.2, 0.25) is 5.91 Å². The molecule has 1 heterocycles. The second kappa shape index (κ2) is 7.85. The standard InChI is InChI=1S/C22H21F2N3O3/c1-30-18-6-4-14(5-7-18)20-21(29)27(22(26-20)8-2-3-9-22)13-19(28)25-17-11-15(23)10-16(24)12-17/h4-7,10-12H,2-3,8-9,13H2,1H3,(H,25,28). The van der Waals surface area contributed by atoms with Crippen molar-refractivity contribution in [3.05, 3.63) is 59.7 Å². The normalized spacial score (nSPS) is 17.4. The minimum Gasteiger partial charge on any atom is -0.497 e. The molecular formula is C22H21F2N3O3. The van der Waals surface area contributed by atoms with E-state index < -0.39 is 23.2 Å². The molecule has 2 aliphatic rings. The Labute approximate surface area is 172 Å². The van der Waals surface area contributed by atoms with Crippen LogP contribution >= 0.6 is 0 Å². The van der Waals surface area contributed by atoms with E-state index in [0.717, 1.165) is 31.0 Å². The number of carbonyl (C=O) groups excluding carboxylic acids is 2. The van der Waals surface area contributed by atoms with Crippen LogP contribution in [0.3, 0.4) is 0 Å². The number of amides is 2. The highest BCUT2D eigenvalue weighted by molar-refractivity contribution is 6.47. The highest BCUT2D eigenvalue weighted by Crippen LogP contribution is 2.41. The zero-order valence-corrected chi connectivity index (χ0v) is 16.5. The number of rotatable bonds is 5. The van der Waals surface area contributed by atoms with Crippen molar-refractivity contribution in [3.8, 4) is 5.75 Å². The van der Waals surface area contributed by atoms with Crippen LogP contribution < -0.4 is 10.1 Å². The van der Waals surface area contributed by atoms with Gasteiger partial charge in [0.15, 0.2) is 0 Å². The number of ether oxygens (including phenoxy) is 1. The van der Waals surface area contributed by atoms with Crippen molar-refractivity contribution in [2.45, 2.75) is 31.3 Å². The third kappa shape index (κ3) is 3.77. The first-order valence-corrected chi connectivity index (χ1v) is 9.72. The highest BCUT2D eigenvalue weighted by Gasteiger charge is 2.49. The predicted octanol–water partition coefficient (Wildman–Crippen LogP) is 3.51. The van der Waals surface area contributed by atoms with Crippen LogP contribution in [-0.4, -0.2) is 41.7 Å². The lowest BCUT2D eigenvalue weighted by Gasteiger charge is -2.32. The number of aliphatic imine (C=N–C) groups is 1. The second-order valence-electron chi connectivity index (χ2n) is 7.48. The van der Waals surface area contributed by atoms with Gasteiger partial charge in [0, 0.05) is 17.3 Å². The topological polar surface area (TPSA) is 71.0 Å². The molecule has 2 aromatic rings. The molecule has 2 aromatic carbocycles. The summed E-state index contributed by atoms with van der Waals surface area (Å²) in [4.78, 5) is 32.0. The SMILES string of the molecule is COc1ccc(C2=NC3(CCCC3)N(CC(=O)Nc3cc(F)cc(F)c3)C2=O)cc1. The molecule has 0 bridgehead atoms. The molecule has 1 spiro atoms. The van der Waals surface area contributed by atoms with Crippen molar-refractivity contribution in [2.75, 3.05) is 19.0 Å². The average molecular weight is 413 g/mol. The van der Waals surface area contributed by atoms with Crippen LogP contribution in [-0.2, 0) is 9.59 Å². The molecule has 0 radical (unpaired) electrons. The predicted molar refractivity (Wildman–Crippen MR) is 107 cm³/mol. The maximum atomic E-state index is 13.4. The first kappa shape index (κ1) is 20.0. The van der Waals surface area contributed by atoms with Crippen molar-refractivity contribution < 1.29 is 23.1 Å². The fraction of sp³-hybridized carbons (Fsp3) is 0.318. The van der Waals surface area contributed by atoms with Gasteiger partial charge in [0.25, 0.3) is 5.91 Å². The van der Waals surface area contributed by atoms with Crippen molar-refractivity contribution >= 4 is 23.2 Å². The lowest BCUT2D eigenvalue weighted by atomic mass is 10.1. The number of hydrogen-bond acceptors (Lipinski definition) is 4. The Morgan fingerprint density at radius 3 is 2.37 bits per heavy atom. The van der Waals surface area contributed by atoms with Gasteiger partial charge in [-0.15, -0.1) is 0 Å². The Morgan fingerprint density at radius 2 is 1.77 bits per heavy atom. The number of nitrogens with zero attached hydrogens (tertiary/aromatic N) is 2. The van der Waals surface area contributed by atoms with Gasteiger partial charge in [0.05, 0.1) is 7.11 Å². The van der Waals surface area contributed by atoms with Gasteiger partial charge in [-0.25, -0.2) is 8.78 Å². The summed E-state index contributed by atoms with van der Waals surface area (Å²) in [5.74, 6) is -1.78. The number of methoxy groups -OCH3 is 1. The Morgan fingerprint density at radius 1 is 1.13 bits per heavy atom. The third-order valence-electron chi connectivity index (χ3n) is 5.49. The number of hydrogen-bond donors (Lipinski definition) is 1. The minimum atomic E-state index is -0.792. The third-order valence-corrected chi connectivity index (χ3v) is 5.49. The maximum absolute atomic E-state index is 13.4. The summed E-state index contributed by atoms with van der Waals surface area (Å²) in [5.41, 5.74) is 0.212. The molecule has 30 heavy (non-hydrogen) atoms. The highest BCUT2D eigenvalue weighted by atomic mass is 19.1. The molecule has 1 aliphatic heterocycles. The van der Waals surface area contributed by atoms with Gasteiger partial charge in [-0.2, -0.15) is 0 Å². The summed E-state index contributed by atoms with van der Waals surface area (Å²) in [6.45, 7) is -0.250. The van der Waals surface area contributed by atoms with Crippen molar-refractivity contribution in [3.63, 3.8) is 0 Å². The van der Waals surface area contributed by atoms with E-state index in [4.69, 9.17) is 9.73 Å². The lowest BCUT2D eigenvalue weighted by Crippen LogP contribution is -2.48. The molecule has 0 aromatic heterocycles. The second-order valence-corrected chi connectivity index (χ2v) is 7.48. The van der Waals surface area contributed by atoms with E-state index in [1.54, 1.807) is 31.4 Å². The molecule has 1 aliphatic carbocycles. The van der Waals surface area contributed by atoms with Crippen molar-refractivity contribution in [1.82, 2.24) is 4.90 Å². The number of benzene rings is 2. The molecule has 4 rings (SSSR count). The Balaban J connectivity index is 1.56. The van der Waals surface area contributed by atoms with Crippen LogP contribution in [0.25, 0.3) is 0 Å². The van der Waals surface area contributed by atoms with E-state index in [1.165, 1.54) is 4.90 Å². The van der Waals surface area contributed by atoms with E-state index >= 15 is 0 Å². The van der Waals surface area contributed by atoms with Gasteiger partial charge in [-0.1, -0.05) is 0 Å². The van der Waals surface area contributed by atoms with Crippen molar-refractivity contribution in [2.24, 2.45) is 4.99 Å². The molecule has 0 atom stereocenters. The summed E-state index contributed by atoms with van der Waals surface area (Å²) in [6, 6.07) is 9.80. The van der Waals surface area contributed by atoms with Gasteiger partial charge in [-0.05, 0) is 62.1 Å². The summed E-state index contributed by atoms with van der Waals surface area (Å²) >= 11 is 0. The molecule has 1 N–H and O–H groups in total. The summed E-state index contributed by atoms with van der Waals surface area (Å²) in [7, 11) is 1.56. The monoisotopic (exact) mass is 413 g/mol. The average Bonchev–Trinajstić information content (AvgIpc) is 3.28. The number of halogens is 2. The van der Waals surface area contributed by atoms with E-state index in [9.17, 15) is 18.4 Å². The molecule has 1 saturated carbocycles. The van der Waals surface area contributed by atoms with Gasteiger partial charge < -0.3 is 15.0 Å². The zero-order chi connectivity index (χ0) is 21.3. The quantitative estimate of drug-likeness (QED) is 0.816. The van der Waals surface area contributed by atoms with E-state index in [1.807, 2.05) is 0 Å². The summed E-state index contributed by atoms with van der Waals surface area (Å²) in [6.07, 6.45) is 3.14. The summed E-state index contributed by atoms with van der Waals surface area (Å²) in [5, 5.41) is 2.47. The van der Waals surface area contributed by atoms with Crippen LogP contribution in [0.4, 0.5) is 14.5 Å². The molecule has 6 nitrogen and oxygen atoms in total. The van der Waals surface area contributed by atoms with Crippen molar-refractivity contribution in [1.29, 1.82) is 0 Å². The van der Waals surface area contributed by atoms with Gasteiger partial charge in [-0.3, -0.25) is 14.6 Å². The molecule has 1 fully saturated rings. The van der Waals surface area contributed by atoms with Crippen LogP contribution in [0.1, 0.15) is 31.2 Å². The van der Waals surface area contributed by atoms with Gasteiger partial charge >= 0.3 is 0 Å². The van der Waals surface area contributed by atoms with E-state index in [2.05, 4.69) is 5.32 Å². The molecule has 8 heteroatoms. The molecule has 156 valence electrons. The minimum absolute atomic E-state index is 0.000846. The first-order chi connectivity index (χ1) is 14.4. The Hall–Kier alpha value is -3.29. The molecule has 2 amide bonds. The van der Waals surface area contributed by atoms with Gasteiger partial charge in [0.1, 0.15) is 35.3 Å². The largest absolute Gasteiger partial charge is 0.497 e. The number of nitrogens with one attached hydrogen (secondary N) is 1. The smallest absolute Gasteiger partial charge is 0.275 e. The Bertz CT molecular complexity index is 995. The lowest BCUT2D eigenvalue weighted by molar-refractivity contribution is -0.132. The molecule has 0 saturated heterocycles. The first-order valence-electron chi connectivity index (χ1n) is 9.72. The molecule has 0 unspecified atom stereocenters. The van der Waals surface area contributed by atoms with Crippen LogP contribution in [0.5, 0.6) is 5.75 Å². The van der Waals surface area contributed by atoms with Crippen LogP contribution in [0.2, 0.25) is 0 Å². The van der Waals surface area contributed by atoms with Crippen LogP contribution in [0, 0.1) is 11.6 Å². The molecular weight excluding hydrogens is 392 g/mol. The van der Waals surface area contributed by atoms with E-state index in [0.29, 0.717) is 29.9 Å². The van der Waals surface area contributed by atoms with Crippen LogP contribution in [0.15, 0.2) is 47.5 Å². The fourth-order valence-corrected chi connectivity index (χ4v) is 4.08. The van der Waals surface area contributed by atoms with E-state index in [-0.39, 0.29) is 18.1 Å². The Kier molecular flexibility index (Phi) is 5.24. The summed E-state index contributed by atoms with van der Waals surface area (Å²) < 4.78 is 31.9.